The zero-order chi connectivity index (χ0) is 17.8. The second kappa shape index (κ2) is 8.22. The number of nitrogens with zero attached hydrogens (tertiary/aromatic N) is 4. The van der Waals surface area contributed by atoms with Gasteiger partial charge in [-0.1, -0.05) is 12.8 Å². The Labute approximate surface area is 158 Å². The van der Waals surface area contributed by atoms with Gasteiger partial charge in [-0.2, -0.15) is 0 Å². The third kappa shape index (κ3) is 4.27. The minimum absolute atomic E-state index is 0.128. The fourth-order valence-corrected chi connectivity index (χ4v) is 4.88. The lowest BCUT2D eigenvalue weighted by atomic mass is 10.0. The Morgan fingerprint density at radius 3 is 2.73 bits per heavy atom. The maximum atomic E-state index is 12.2. The molecule has 0 spiro atoms. The van der Waals surface area contributed by atoms with Gasteiger partial charge < -0.3 is 5.32 Å². The second-order valence-corrected chi connectivity index (χ2v) is 8.16. The van der Waals surface area contributed by atoms with Crippen LogP contribution in [-0.4, -0.2) is 44.9 Å². The first-order chi connectivity index (χ1) is 12.8. The highest BCUT2D eigenvalue weighted by Gasteiger charge is 2.23. The summed E-state index contributed by atoms with van der Waals surface area (Å²) in [6.07, 6.45) is 11.9. The van der Waals surface area contributed by atoms with Crippen LogP contribution in [0.25, 0.3) is 0 Å². The molecule has 1 saturated carbocycles. The molecule has 1 aliphatic carbocycles. The third-order valence-corrected chi connectivity index (χ3v) is 6.43. The van der Waals surface area contributed by atoms with E-state index in [1.807, 2.05) is 11.3 Å². The quantitative estimate of drug-likeness (QED) is 0.875. The summed E-state index contributed by atoms with van der Waals surface area (Å²) >= 11 is 1.83. The molecule has 0 aromatic carbocycles. The normalized spacial score (nSPS) is 19.7. The van der Waals surface area contributed by atoms with E-state index in [1.54, 1.807) is 12.4 Å². The highest BCUT2D eigenvalue weighted by molar-refractivity contribution is 7.09. The van der Waals surface area contributed by atoms with Crippen LogP contribution >= 0.6 is 11.3 Å². The van der Waals surface area contributed by atoms with E-state index in [2.05, 4.69) is 25.6 Å². The Morgan fingerprint density at radius 2 is 2.00 bits per heavy atom. The molecule has 2 fully saturated rings. The van der Waals surface area contributed by atoms with Crippen molar-refractivity contribution in [1.29, 1.82) is 0 Å². The van der Waals surface area contributed by atoms with Crippen LogP contribution < -0.4 is 5.32 Å². The molecule has 0 bridgehead atoms. The number of carbonyl (C=O) groups is 1. The zero-order valence-electron chi connectivity index (χ0n) is 14.9. The molecule has 2 aliphatic rings. The van der Waals surface area contributed by atoms with Crippen molar-refractivity contribution in [2.45, 2.75) is 57.0 Å². The van der Waals surface area contributed by atoms with Gasteiger partial charge in [0.05, 0.1) is 16.9 Å². The SMILES string of the molecule is O=C(NC1CCN(Cc2csc(C3CCCC3)n2)CC1)c1cnccn1. The average Bonchev–Trinajstić information content (AvgIpc) is 3.36. The van der Waals surface area contributed by atoms with Crippen molar-refractivity contribution in [3.63, 3.8) is 0 Å². The summed E-state index contributed by atoms with van der Waals surface area (Å²) in [7, 11) is 0. The van der Waals surface area contributed by atoms with Crippen LogP contribution in [0.3, 0.4) is 0 Å². The summed E-state index contributed by atoms with van der Waals surface area (Å²) in [6, 6.07) is 0.213. The second-order valence-electron chi connectivity index (χ2n) is 7.27. The van der Waals surface area contributed by atoms with E-state index < -0.39 is 0 Å². The largest absolute Gasteiger partial charge is 0.348 e. The van der Waals surface area contributed by atoms with Gasteiger partial charge in [-0.25, -0.2) is 9.97 Å². The van der Waals surface area contributed by atoms with Crippen molar-refractivity contribution < 1.29 is 4.79 Å². The molecule has 1 aliphatic heterocycles. The van der Waals surface area contributed by atoms with Crippen LogP contribution in [0.5, 0.6) is 0 Å². The molecule has 4 rings (SSSR count). The zero-order valence-corrected chi connectivity index (χ0v) is 15.7. The van der Waals surface area contributed by atoms with E-state index in [1.165, 1.54) is 42.6 Å². The molecule has 1 saturated heterocycles. The van der Waals surface area contributed by atoms with E-state index in [0.29, 0.717) is 11.6 Å². The lowest BCUT2D eigenvalue weighted by Crippen LogP contribution is -2.44. The van der Waals surface area contributed by atoms with Gasteiger partial charge in [-0.3, -0.25) is 14.7 Å². The Balaban J connectivity index is 1.24. The van der Waals surface area contributed by atoms with Gasteiger partial charge in [0.25, 0.3) is 5.91 Å². The van der Waals surface area contributed by atoms with Crippen molar-refractivity contribution in [3.05, 3.63) is 40.4 Å². The van der Waals surface area contributed by atoms with Crippen molar-refractivity contribution in [3.8, 4) is 0 Å². The number of nitrogens with one attached hydrogen (secondary N) is 1. The first-order valence-corrected chi connectivity index (χ1v) is 10.4. The smallest absolute Gasteiger partial charge is 0.271 e. The van der Waals surface area contributed by atoms with Gasteiger partial charge in [0, 0.05) is 49.4 Å². The average molecular weight is 372 g/mol. The molecular formula is C19H25N5OS. The topological polar surface area (TPSA) is 71.0 Å². The fraction of sp³-hybridized carbons (Fsp3) is 0.579. The van der Waals surface area contributed by atoms with Gasteiger partial charge in [0.1, 0.15) is 5.69 Å². The molecule has 6 nitrogen and oxygen atoms in total. The minimum Gasteiger partial charge on any atom is -0.348 e. The number of thiazole rings is 1. The van der Waals surface area contributed by atoms with Crippen molar-refractivity contribution in [2.24, 2.45) is 0 Å². The Hall–Kier alpha value is -1.86. The number of hydrogen-bond acceptors (Lipinski definition) is 6. The summed E-state index contributed by atoms with van der Waals surface area (Å²) in [5.41, 5.74) is 1.59. The van der Waals surface area contributed by atoms with Crippen molar-refractivity contribution in [2.75, 3.05) is 13.1 Å². The van der Waals surface area contributed by atoms with Crippen LogP contribution in [0, 0.1) is 0 Å². The summed E-state index contributed by atoms with van der Waals surface area (Å²) < 4.78 is 0. The molecule has 1 N–H and O–H groups in total. The van der Waals surface area contributed by atoms with Gasteiger partial charge in [-0.15, -0.1) is 11.3 Å². The fourth-order valence-electron chi connectivity index (χ4n) is 3.90. The lowest BCUT2D eigenvalue weighted by molar-refractivity contribution is 0.0903. The predicted molar refractivity (Wildman–Crippen MR) is 101 cm³/mol. The maximum Gasteiger partial charge on any atom is 0.271 e. The Bertz CT molecular complexity index is 721. The Morgan fingerprint density at radius 1 is 1.19 bits per heavy atom. The van der Waals surface area contributed by atoms with Crippen molar-refractivity contribution in [1.82, 2.24) is 25.2 Å². The molecule has 7 heteroatoms. The highest BCUT2D eigenvalue weighted by atomic mass is 32.1. The standard InChI is InChI=1S/C19H25N5OS/c25-18(17-11-20-7-8-21-17)22-15-5-9-24(10-6-15)12-16-13-26-19(23-16)14-3-1-2-4-14/h7-8,11,13-15H,1-6,9-10,12H2,(H,22,25). The van der Waals surface area contributed by atoms with Crippen LogP contribution in [-0.2, 0) is 6.54 Å². The molecule has 2 aromatic rings. The van der Waals surface area contributed by atoms with Crippen LogP contribution in [0.1, 0.15) is 65.6 Å². The van der Waals surface area contributed by atoms with Crippen LogP contribution in [0.4, 0.5) is 0 Å². The summed E-state index contributed by atoms with van der Waals surface area (Å²) in [6.45, 7) is 2.90. The third-order valence-electron chi connectivity index (χ3n) is 5.38. The Kier molecular flexibility index (Phi) is 5.55. The number of rotatable bonds is 5. The summed E-state index contributed by atoms with van der Waals surface area (Å²) in [5, 5.41) is 6.65. The molecule has 26 heavy (non-hydrogen) atoms. The number of carbonyl (C=O) groups excluding carboxylic acids is 1. The highest BCUT2D eigenvalue weighted by Crippen LogP contribution is 2.35. The molecule has 1 amide bonds. The molecule has 2 aromatic heterocycles. The molecular weight excluding hydrogens is 346 g/mol. The number of piperidine rings is 1. The maximum absolute atomic E-state index is 12.2. The summed E-state index contributed by atoms with van der Waals surface area (Å²) in [5.74, 6) is 0.577. The van der Waals surface area contributed by atoms with E-state index in [0.717, 1.165) is 32.5 Å². The first kappa shape index (κ1) is 17.5. The van der Waals surface area contributed by atoms with E-state index in [-0.39, 0.29) is 11.9 Å². The van der Waals surface area contributed by atoms with E-state index in [4.69, 9.17) is 4.98 Å². The lowest BCUT2D eigenvalue weighted by Gasteiger charge is -2.31. The first-order valence-electron chi connectivity index (χ1n) is 9.51. The molecule has 0 unspecified atom stereocenters. The van der Waals surface area contributed by atoms with Crippen molar-refractivity contribution >= 4 is 17.2 Å². The van der Waals surface area contributed by atoms with Gasteiger partial charge >= 0.3 is 0 Å². The number of amides is 1. The molecule has 0 radical (unpaired) electrons. The molecule has 0 atom stereocenters. The number of likely N-dealkylation sites (tertiary alicyclic amines) is 1. The van der Waals surface area contributed by atoms with Gasteiger partial charge in [-0.05, 0) is 25.7 Å². The number of hydrogen-bond donors (Lipinski definition) is 1. The van der Waals surface area contributed by atoms with E-state index in [9.17, 15) is 4.79 Å². The molecule has 3 heterocycles. The van der Waals surface area contributed by atoms with Gasteiger partial charge in [0.2, 0.25) is 0 Å². The number of aromatic nitrogens is 3. The van der Waals surface area contributed by atoms with E-state index >= 15 is 0 Å². The monoisotopic (exact) mass is 371 g/mol. The van der Waals surface area contributed by atoms with Gasteiger partial charge in [0.15, 0.2) is 0 Å². The molecule has 138 valence electrons. The minimum atomic E-state index is -0.128. The predicted octanol–water partition coefficient (Wildman–Crippen LogP) is 2.99. The van der Waals surface area contributed by atoms with Crippen LogP contribution in [0.15, 0.2) is 24.0 Å². The van der Waals surface area contributed by atoms with Crippen LogP contribution in [0.2, 0.25) is 0 Å². The summed E-state index contributed by atoms with van der Waals surface area (Å²) in [4.78, 5) is 27.5.